The molecular weight excluding hydrogens is 384 g/mol. The third-order valence-corrected chi connectivity index (χ3v) is 5.10. The highest BCUT2D eigenvalue weighted by Crippen LogP contribution is 2.09. The van der Waals surface area contributed by atoms with Gasteiger partial charge in [0.25, 0.3) is 11.1 Å². The Bertz CT molecular complexity index is 1240. The van der Waals surface area contributed by atoms with Gasteiger partial charge in [-0.1, -0.05) is 24.3 Å². The third-order valence-electron chi connectivity index (χ3n) is 4.17. The van der Waals surface area contributed by atoms with E-state index in [1.54, 1.807) is 30.3 Å². The van der Waals surface area contributed by atoms with E-state index >= 15 is 0 Å². The number of nitrogens with one attached hydrogen (secondary N) is 2. The van der Waals surface area contributed by atoms with Crippen LogP contribution in [0.5, 0.6) is 0 Å². The summed E-state index contributed by atoms with van der Waals surface area (Å²) in [4.78, 5) is 36.5. The lowest BCUT2D eigenvalue weighted by atomic mass is 10.1. The molecule has 3 aromatic rings. The number of rotatable bonds is 6. The number of sulfonamides is 1. The second-order valence-corrected chi connectivity index (χ2v) is 7.73. The van der Waals surface area contributed by atoms with Gasteiger partial charge in [0.05, 0.1) is 15.7 Å². The quantitative estimate of drug-likeness (QED) is 0.518. The Balaban J connectivity index is 1.62. The number of nitrogens with two attached hydrogens (primary N) is 1. The first-order valence-corrected chi connectivity index (χ1v) is 9.90. The summed E-state index contributed by atoms with van der Waals surface area (Å²) in [6, 6.07) is 12.4. The van der Waals surface area contributed by atoms with E-state index < -0.39 is 27.0 Å². The van der Waals surface area contributed by atoms with E-state index in [2.05, 4.69) is 10.4 Å². The smallest absolute Gasteiger partial charge is 0.273 e. The SMILES string of the molecule is NS(=O)(=O)c1ccc(CCNC(=O)Cn2[nH]c(=O)c3ccccc3c2=O)cc1. The van der Waals surface area contributed by atoms with E-state index in [0.717, 1.165) is 10.2 Å². The van der Waals surface area contributed by atoms with E-state index in [1.165, 1.54) is 18.2 Å². The van der Waals surface area contributed by atoms with Crippen molar-refractivity contribution in [2.75, 3.05) is 6.54 Å². The van der Waals surface area contributed by atoms with Gasteiger partial charge in [-0.2, -0.15) is 0 Å². The number of nitrogens with zero attached hydrogens (tertiary/aromatic N) is 1. The van der Waals surface area contributed by atoms with Gasteiger partial charge < -0.3 is 5.32 Å². The first-order chi connectivity index (χ1) is 13.3. The van der Waals surface area contributed by atoms with Crippen LogP contribution in [0.1, 0.15) is 5.56 Å². The minimum atomic E-state index is -3.74. The average Bonchev–Trinajstić information content (AvgIpc) is 2.65. The van der Waals surface area contributed by atoms with Gasteiger partial charge >= 0.3 is 0 Å². The van der Waals surface area contributed by atoms with Crippen LogP contribution in [0.2, 0.25) is 0 Å². The van der Waals surface area contributed by atoms with Crippen LogP contribution in [-0.2, 0) is 27.8 Å². The predicted octanol–water partition coefficient (Wildman–Crippen LogP) is -0.304. The maximum absolute atomic E-state index is 12.4. The second kappa shape index (κ2) is 7.79. The van der Waals surface area contributed by atoms with Gasteiger partial charge in [-0.3, -0.25) is 19.5 Å². The zero-order valence-corrected chi connectivity index (χ0v) is 15.5. The molecular formula is C18H18N4O5S. The van der Waals surface area contributed by atoms with Gasteiger partial charge in [-0.15, -0.1) is 0 Å². The molecule has 0 saturated carbocycles. The van der Waals surface area contributed by atoms with Crippen LogP contribution in [-0.4, -0.2) is 30.7 Å². The Morgan fingerprint density at radius 3 is 2.32 bits per heavy atom. The Morgan fingerprint density at radius 2 is 1.68 bits per heavy atom. The Morgan fingerprint density at radius 1 is 1.04 bits per heavy atom. The first-order valence-electron chi connectivity index (χ1n) is 8.36. The molecule has 0 radical (unpaired) electrons. The molecule has 0 unspecified atom stereocenters. The number of fused-ring (bicyclic) bond motifs is 1. The minimum Gasteiger partial charge on any atom is -0.354 e. The number of carbonyl (C=O) groups excluding carboxylic acids is 1. The third kappa shape index (κ3) is 4.35. The Labute approximate surface area is 159 Å². The fraction of sp³-hybridized carbons (Fsp3) is 0.167. The number of hydrogen-bond acceptors (Lipinski definition) is 5. The molecule has 1 amide bonds. The average molecular weight is 402 g/mol. The Hall–Kier alpha value is -3.24. The van der Waals surface area contributed by atoms with Gasteiger partial charge in [-0.05, 0) is 36.2 Å². The minimum absolute atomic E-state index is 0.0138. The van der Waals surface area contributed by atoms with Crippen LogP contribution in [0.25, 0.3) is 10.8 Å². The largest absolute Gasteiger partial charge is 0.354 e. The van der Waals surface area contributed by atoms with Crippen molar-refractivity contribution in [3.05, 3.63) is 74.8 Å². The van der Waals surface area contributed by atoms with Crippen molar-refractivity contribution in [1.29, 1.82) is 0 Å². The number of benzene rings is 2. The molecule has 10 heteroatoms. The molecule has 9 nitrogen and oxygen atoms in total. The number of aromatic amines is 1. The van der Waals surface area contributed by atoms with Crippen LogP contribution in [0, 0.1) is 0 Å². The summed E-state index contributed by atoms with van der Waals surface area (Å²) in [6.07, 6.45) is 0.458. The lowest BCUT2D eigenvalue weighted by Gasteiger charge is -2.08. The van der Waals surface area contributed by atoms with E-state index in [0.29, 0.717) is 6.42 Å². The number of hydrogen-bond donors (Lipinski definition) is 3. The summed E-state index contributed by atoms with van der Waals surface area (Å²) < 4.78 is 23.4. The van der Waals surface area contributed by atoms with Crippen molar-refractivity contribution in [2.24, 2.45) is 5.14 Å². The summed E-state index contributed by atoms with van der Waals surface area (Å²) in [7, 11) is -3.74. The molecule has 146 valence electrons. The van der Waals surface area contributed by atoms with E-state index in [-0.39, 0.29) is 28.8 Å². The van der Waals surface area contributed by atoms with Gasteiger partial charge in [0.1, 0.15) is 6.54 Å². The summed E-state index contributed by atoms with van der Waals surface area (Å²) in [5.41, 5.74) is -0.0918. The lowest BCUT2D eigenvalue weighted by molar-refractivity contribution is -0.121. The molecule has 0 fully saturated rings. The summed E-state index contributed by atoms with van der Waals surface area (Å²) in [5.74, 6) is -0.436. The van der Waals surface area contributed by atoms with Crippen molar-refractivity contribution >= 4 is 26.7 Å². The molecule has 1 heterocycles. The van der Waals surface area contributed by atoms with E-state index in [9.17, 15) is 22.8 Å². The van der Waals surface area contributed by atoms with Crippen molar-refractivity contribution in [1.82, 2.24) is 15.1 Å². The second-order valence-electron chi connectivity index (χ2n) is 6.17. The monoisotopic (exact) mass is 402 g/mol. The van der Waals surface area contributed by atoms with Gasteiger partial charge in [0.2, 0.25) is 15.9 Å². The normalized spacial score (nSPS) is 11.5. The molecule has 3 rings (SSSR count). The maximum atomic E-state index is 12.4. The molecule has 0 atom stereocenters. The standard InChI is InChI=1S/C18H18N4O5S/c19-28(26,27)13-7-5-12(6-8-13)9-10-20-16(23)11-22-18(25)15-4-2-1-3-14(15)17(24)21-22/h1-8H,9-11H2,(H,20,23)(H,21,24)(H2,19,26,27). The maximum Gasteiger partial charge on any atom is 0.273 e. The fourth-order valence-corrected chi connectivity index (χ4v) is 3.26. The highest BCUT2D eigenvalue weighted by molar-refractivity contribution is 7.89. The Kier molecular flexibility index (Phi) is 5.43. The zero-order valence-electron chi connectivity index (χ0n) is 14.7. The molecule has 0 aliphatic heterocycles. The molecule has 0 saturated heterocycles. The van der Waals surface area contributed by atoms with Crippen molar-refractivity contribution < 1.29 is 13.2 Å². The van der Waals surface area contributed by atoms with Gasteiger partial charge in [0, 0.05) is 6.54 Å². The van der Waals surface area contributed by atoms with Crippen molar-refractivity contribution in [3.63, 3.8) is 0 Å². The highest BCUT2D eigenvalue weighted by atomic mass is 32.2. The number of H-pyrrole nitrogens is 1. The van der Waals surface area contributed by atoms with Crippen LogP contribution in [0.4, 0.5) is 0 Å². The molecule has 28 heavy (non-hydrogen) atoms. The van der Waals surface area contributed by atoms with Crippen LogP contribution >= 0.6 is 0 Å². The van der Waals surface area contributed by atoms with Crippen molar-refractivity contribution in [2.45, 2.75) is 17.9 Å². The molecule has 0 aliphatic carbocycles. The molecule has 0 spiro atoms. The number of aromatic nitrogens is 2. The topological polar surface area (TPSA) is 144 Å². The highest BCUT2D eigenvalue weighted by Gasteiger charge is 2.10. The van der Waals surface area contributed by atoms with E-state index in [1.807, 2.05) is 0 Å². The fourth-order valence-electron chi connectivity index (χ4n) is 2.75. The number of amides is 1. The predicted molar refractivity (Wildman–Crippen MR) is 103 cm³/mol. The molecule has 2 aromatic carbocycles. The van der Waals surface area contributed by atoms with Crippen LogP contribution in [0.15, 0.2) is 63.0 Å². The molecule has 4 N–H and O–H groups in total. The summed E-state index contributed by atoms with van der Waals surface area (Å²) in [6.45, 7) is -0.0383. The first kappa shape index (κ1) is 19.5. The van der Waals surface area contributed by atoms with Crippen LogP contribution in [0.3, 0.4) is 0 Å². The van der Waals surface area contributed by atoms with Gasteiger partial charge in [0.15, 0.2) is 0 Å². The lowest BCUT2D eigenvalue weighted by Crippen LogP contribution is -2.37. The zero-order chi connectivity index (χ0) is 20.3. The van der Waals surface area contributed by atoms with E-state index in [4.69, 9.17) is 5.14 Å². The molecule has 0 bridgehead atoms. The summed E-state index contributed by atoms with van der Waals surface area (Å²) in [5, 5.41) is 10.6. The van der Waals surface area contributed by atoms with Crippen molar-refractivity contribution in [3.8, 4) is 0 Å². The number of carbonyl (C=O) groups is 1. The molecule has 1 aromatic heterocycles. The van der Waals surface area contributed by atoms with Gasteiger partial charge in [-0.25, -0.2) is 18.2 Å². The number of primary sulfonamides is 1. The van der Waals surface area contributed by atoms with Crippen LogP contribution < -0.4 is 21.6 Å². The molecule has 0 aliphatic rings. The summed E-state index contributed by atoms with van der Waals surface area (Å²) >= 11 is 0.